The van der Waals surface area contributed by atoms with Crippen molar-refractivity contribution in [3.05, 3.63) is 134 Å². The van der Waals surface area contributed by atoms with Gasteiger partial charge in [0.25, 0.3) is 5.56 Å². The van der Waals surface area contributed by atoms with E-state index in [4.69, 9.17) is 22.7 Å². The number of hydrogen-bond donors (Lipinski definition) is 3. The number of aromatic nitrogens is 1. The van der Waals surface area contributed by atoms with Crippen LogP contribution < -0.4 is 11.3 Å². The Balaban J connectivity index is 0.000000322. The van der Waals surface area contributed by atoms with Crippen LogP contribution in [0.4, 0.5) is 5.69 Å². The third-order valence-corrected chi connectivity index (χ3v) is 7.47. The number of nitrogens with one attached hydrogen (secondary N) is 1. The first kappa shape index (κ1) is 31.5. The average molecular weight is 572 g/mol. The van der Waals surface area contributed by atoms with Crippen molar-refractivity contribution in [3.63, 3.8) is 0 Å². The first-order chi connectivity index (χ1) is 19.5. The minimum absolute atomic E-state index is 0.0455. The van der Waals surface area contributed by atoms with Gasteiger partial charge in [-0.1, -0.05) is 80.9 Å². The number of carbonyl (C=O) groups excluding carboxylic acids is 1. The van der Waals surface area contributed by atoms with Crippen LogP contribution in [0.2, 0.25) is 5.02 Å². The molecule has 6 nitrogen and oxygen atoms in total. The van der Waals surface area contributed by atoms with E-state index in [0.717, 1.165) is 23.1 Å². The number of nitrogen functional groups attached to an aromatic ring is 1. The van der Waals surface area contributed by atoms with Gasteiger partial charge in [0.15, 0.2) is 5.78 Å². The van der Waals surface area contributed by atoms with E-state index in [9.17, 15) is 14.7 Å². The number of carbonyl (C=O) groups is 1. The largest absolute Gasteiger partial charge is 0.398 e. The molecule has 41 heavy (non-hydrogen) atoms. The Hall–Kier alpha value is -4.00. The second kappa shape index (κ2) is 14.1. The van der Waals surface area contributed by atoms with Gasteiger partial charge in [-0.25, -0.2) is 0 Å². The predicted octanol–water partition coefficient (Wildman–Crippen LogP) is 7.08. The Morgan fingerprint density at radius 1 is 1.00 bits per heavy atom. The molecule has 0 aliphatic heterocycles. The molecule has 3 aromatic carbocycles. The van der Waals surface area contributed by atoms with Crippen molar-refractivity contribution in [1.29, 1.82) is 5.41 Å². The van der Waals surface area contributed by atoms with Crippen molar-refractivity contribution < 1.29 is 9.90 Å². The van der Waals surface area contributed by atoms with Gasteiger partial charge in [0, 0.05) is 45.7 Å². The smallest absolute Gasteiger partial charge is 0.250 e. The summed E-state index contributed by atoms with van der Waals surface area (Å²) in [7, 11) is 0. The lowest BCUT2D eigenvalue weighted by Crippen LogP contribution is -2.24. The highest BCUT2D eigenvalue weighted by atomic mass is 35.5. The summed E-state index contributed by atoms with van der Waals surface area (Å²) in [4.78, 5) is 24.4. The molecular weight excluding hydrogens is 534 g/mol. The summed E-state index contributed by atoms with van der Waals surface area (Å²) in [6, 6.07) is 25.1. The Bertz CT molecular complexity index is 1560. The number of ketones is 1. The molecule has 1 aromatic heterocycles. The summed E-state index contributed by atoms with van der Waals surface area (Å²) in [5, 5.41) is 19.4. The quantitative estimate of drug-likeness (QED) is 0.113. The molecule has 214 valence electrons. The molecule has 1 heterocycles. The third-order valence-electron chi connectivity index (χ3n) is 7.23. The van der Waals surface area contributed by atoms with E-state index < -0.39 is 5.60 Å². The fourth-order valence-electron chi connectivity index (χ4n) is 4.31. The summed E-state index contributed by atoms with van der Waals surface area (Å²) in [6.45, 7) is 8.04. The summed E-state index contributed by atoms with van der Waals surface area (Å²) < 4.78 is 1.64. The maximum atomic E-state index is 12.5. The first-order valence-corrected chi connectivity index (χ1v) is 14.1. The molecule has 4 rings (SSSR count). The van der Waals surface area contributed by atoms with E-state index >= 15 is 0 Å². The normalized spacial score (nSPS) is 12.9. The Morgan fingerprint density at radius 3 is 2.34 bits per heavy atom. The number of Topliss-reactive ketones (excluding diaryl/α,β-unsaturated/α-hetero) is 1. The fourth-order valence-corrected chi connectivity index (χ4v) is 4.49. The van der Waals surface area contributed by atoms with Crippen LogP contribution in [0, 0.1) is 11.3 Å². The predicted molar refractivity (Wildman–Crippen MR) is 168 cm³/mol. The zero-order chi connectivity index (χ0) is 30.2. The second-order valence-electron chi connectivity index (χ2n) is 10.3. The summed E-state index contributed by atoms with van der Waals surface area (Å²) >= 11 is 5.77. The van der Waals surface area contributed by atoms with Crippen LogP contribution in [-0.2, 0) is 12.1 Å². The van der Waals surface area contributed by atoms with Gasteiger partial charge in [0.05, 0.1) is 6.54 Å². The van der Waals surface area contributed by atoms with Crippen molar-refractivity contribution in [2.24, 2.45) is 5.92 Å². The molecule has 0 radical (unpaired) electrons. The molecule has 2 atom stereocenters. The molecule has 0 bridgehead atoms. The van der Waals surface area contributed by atoms with Gasteiger partial charge in [-0.15, -0.1) is 0 Å². The zero-order valence-electron chi connectivity index (χ0n) is 24.0. The number of pyridine rings is 1. The van der Waals surface area contributed by atoms with Crippen molar-refractivity contribution in [2.75, 3.05) is 5.73 Å². The van der Waals surface area contributed by atoms with Crippen LogP contribution in [-0.4, -0.2) is 21.2 Å². The highest BCUT2D eigenvalue weighted by Gasteiger charge is 2.27. The highest BCUT2D eigenvalue weighted by molar-refractivity contribution is 6.31. The molecule has 0 spiro atoms. The Morgan fingerprint density at radius 2 is 1.71 bits per heavy atom. The molecule has 0 aliphatic rings. The summed E-state index contributed by atoms with van der Waals surface area (Å²) in [5.41, 5.74) is 9.27. The number of anilines is 1. The van der Waals surface area contributed by atoms with Crippen LogP contribution in [0.5, 0.6) is 0 Å². The molecule has 0 amide bonds. The topological polar surface area (TPSA) is 109 Å². The number of nitrogens with zero attached hydrogens (tertiary/aromatic N) is 1. The minimum atomic E-state index is -1.23. The fraction of sp³-hybridized carbons (Fsp3) is 0.265. The monoisotopic (exact) mass is 571 g/mol. The van der Waals surface area contributed by atoms with E-state index in [2.05, 4.69) is 0 Å². The minimum Gasteiger partial charge on any atom is -0.398 e. The van der Waals surface area contributed by atoms with Crippen LogP contribution >= 0.6 is 11.6 Å². The summed E-state index contributed by atoms with van der Waals surface area (Å²) in [6.07, 6.45) is 3.21. The zero-order valence-corrected chi connectivity index (χ0v) is 24.8. The van der Waals surface area contributed by atoms with Gasteiger partial charge in [0.2, 0.25) is 0 Å². The molecule has 7 heteroatoms. The SMILES string of the molecule is CCC(=N)c1cc(Cl)ccc1N.CCC(C)C(=O)c1cccc(C(C)(O)c2ccc(Cn3ccccc3=O)cc2)c1. The maximum Gasteiger partial charge on any atom is 0.250 e. The maximum absolute atomic E-state index is 12.5. The number of benzene rings is 3. The van der Waals surface area contributed by atoms with Crippen LogP contribution in [0.1, 0.15) is 73.1 Å². The second-order valence-corrected chi connectivity index (χ2v) is 10.7. The van der Waals surface area contributed by atoms with Gasteiger partial charge in [-0.2, -0.15) is 0 Å². The molecule has 0 fully saturated rings. The molecule has 4 aromatic rings. The lowest BCUT2D eigenvalue weighted by atomic mass is 9.85. The van der Waals surface area contributed by atoms with E-state index in [1.165, 1.54) is 6.07 Å². The third kappa shape index (κ3) is 8.03. The standard InChI is InChI=1S/C25H27NO3.C9H11ClN2/c1-4-18(2)24(28)20-8-7-9-22(16-20)25(3,29)21-13-11-19(12-14-21)17-26-15-6-5-10-23(26)27;1-2-8(11)7-5-6(10)3-4-9(7)12/h5-16,18,29H,4,17H2,1-3H3;3-5,11H,2,12H2,1H3. The van der Waals surface area contributed by atoms with Gasteiger partial charge < -0.3 is 20.8 Å². The molecule has 0 saturated heterocycles. The average Bonchev–Trinajstić information content (AvgIpc) is 2.99. The van der Waals surface area contributed by atoms with Gasteiger partial charge in [-0.05, 0) is 66.8 Å². The number of nitrogens with two attached hydrogens (primary N) is 1. The number of rotatable bonds is 9. The molecule has 0 saturated carbocycles. The molecular formula is C34H38ClN3O3. The first-order valence-electron chi connectivity index (χ1n) is 13.7. The van der Waals surface area contributed by atoms with Crippen molar-refractivity contribution in [2.45, 2.75) is 52.7 Å². The van der Waals surface area contributed by atoms with Crippen molar-refractivity contribution in [3.8, 4) is 0 Å². The van der Waals surface area contributed by atoms with E-state index in [1.54, 1.807) is 54.1 Å². The van der Waals surface area contributed by atoms with Crippen LogP contribution in [0.3, 0.4) is 0 Å². The Kier molecular flexibility index (Phi) is 10.8. The van der Waals surface area contributed by atoms with Crippen LogP contribution in [0.25, 0.3) is 0 Å². The van der Waals surface area contributed by atoms with Gasteiger partial charge in [-0.3, -0.25) is 9.59 Å². The van der Waals surface area contributed by atoms with E-state index in [1.807, 2.05) is 63.2 Å². The van der Waals surface area contributed by atoms with Crippen LogP contribution in [0.15, 0.2) is 95.9 Å². The number of aliphatic hydroxyl groups is 1. The van der Waals surface area contributed by atoms with Crippen molar-refractivity contribution in [1.82, 2.24) is 4.57 Å². The Labute approximate surface area is 246 Å². The summed E-state index contributed by atoms with van der Waals surface area (Å²) in [5.74, 6) is 0.0460. The number of halogens is 1. The lowest BCUT2D eigenvalue weighted by Gasteiger charge is -2.25. The van der Waals surface area contributed by atoms with Gasteiger partial charge in [0.1, 0.15) is 5.60 Å². The molecule has 2 unspecified atom stereocenters. The highest BCUT2D eigenvalue weighted by Crippen LogP contribution is 2.30. The lowest BCUT2D eigenvalue weighted by molar-refractivity contribution is 0.0924. The molecule has 0 aliphatic carbocycles. The number of hydrogen-bond acceptors (Lipinski definition) is 5. The van der Waals surface area contributed by atoms with E-state index in [-0.39, 0.29) is 17.3 Å². The van der Waals surface area contributed by atoms with Gasteiger partial charge >= 0.3 is 0 Å². The molecule has 4 N–H and O–H groups in total. The van der Waals surface area contributed by atoms with E-state index in [0.29, 0.717) is 40.5 Å². The van der Waals surface area contributed by atoms with Crippen molar-refractivity contribution >= 4 is 28.8 Å².